The van der Waals surface area contributed by atoms with Gasteiger partial charge in [0, 0.05) is 24.0 Å². The molecule has 1 heterocycles. The molecule has 0 amide bonds. The minimum atomic E-state index is 0.0282. The molecule has 0 aliphatic rings. The minimum Gasteiger partial charge on any atom is -0.491 e. The highest BCUT2D eigenvalue weighted by Gasteiger charge is 2.05. The van der Waals surface area contributed by atoms with Crippen LogP contribution in [-0.4, -0.2) is 17.6 Å². The topological polar surface area (TPSA) is 48.1 Å². The van der Waals surface area contributed by atoms with Crippen LogP contribution in [0.15, 0.2) is 48.8 Å². The highest BCUT2D eigenvalue weighted by atomic mass is 16.5. The van der Waals surface area contributed by atoms with Gasteiger partial charge in [-0.15, -0.1) is 0 Å². The SMILES string of the molecule is CC(N)COc1ccccc1-c1ccncc1. The van der Waals surface area contributed by atoms with Gasteiger partial charge in [-0.2, -0.15) is 0 Å². The fraction of sp³-hybridized carbons (Fsp3) is 0.214. The third-order valence-electron chi connectivity index (χ3n) is 2.38. The fourth-order valence-corrected chi connectivity index (χ4v) is 1.58. The van der Waals surface area contributed by atoms with Crippen molar-refractivity contribution in [3.8, 4) is 16.9 Å². The van der Waals surface area contributed by atoms with Crippen molar-refractivity contribution in [2.45, 2.75) is 13.0 Å². The van der Waals surface area contributed by atoms with E-state index in [4.69, 9.17) is 10.5 Å². The third-order valence-corrected chi connectivity index (χ3v) is 2.38. The number of pyridine rings is 1. The zero-order chi connectivity index (χ0) is 12.1. The number of hydrogen-bond donors (Lipinski definition) is 1. The van der Waals surface area contributed by atoms with Gasteiger partial charge in [-0.25, -0.2) is 0 Å². The van der Waals surface area contributed by atoms with E-state index in [-0.39, 0.29) is 6.04 Å². The summed E-state index contributed by atoms with van der Waals surface area (Å²) in [6.45, 7) is 2.44. The van der Waals surface area contributed by atoms with Crippen LogP contribution < -0.4 is 10.5 Å². The van der Waals surface area contributed by atoms with Crippen molar-refractivity contribution in [3.05, 3.63) is 48.8 Å². The predicted molar refractivity (Wildman–Crippen MR) is 68.8 cm³/mol. The number of para-hydroxylation sites is 1. The molecule has 2 aromatic rings. The van der Waals surface area contributed by atoms with E-state index in [1.165, 1.54) is 0 Å². The number of nitrogens with zero attached hydrogens (tertiary/aromatic N) is 1. The van der Waals surface area contributed by atoms with Crippen LogP contribution in [0.2, 0.25) is 0 Å². The van der Waals surface area contributed by atoms with Crippen LogP contribution in [-0.2, 0) is 0 Å². The Morgan fingerprint density at radius 2 is 1.88 bits per heavy atom. The molecule has 0 spiro atoms. The van der Waals surface area contributed by atoms with Crippen LogP contribution in [0.5, 0.6) is 5.75 Å². The first-order valence-electron chi connectivity index (χ1n) is 5.65. The zero-order valence-corrected chi connectivity index (χ0v) is 9.84. The Balaban J connectivity index is 2.28. The smallest absolute Gasteiger partial charge is 0.127 e. The average Bonchev–Trinajstić information content (AvgIpc) is 2.38. The third kappa shape index (κ3) is 3.04. The Kier molecular flexibility index (Phi) is 3.73. The number of nitrogens with two attached hydrogens (primary N) is 1. The van der Waals surface area contributed by atoms with Crippen molar-refractivity contribution in [1.29, 1.82) is 0 Å². The largest absolute Gasteiger partial charge is 0.491 e. The van der Waals surface area contributed by atoms with Crippen LogP contribution in [0, 0.1) is 0 Å². The van der Waals surface area contributed by atoms with E-state index in [0.29, 0.717) is 6.61 Å². The lowest BCUT2D eigenvalue weighted by atomic mass is 10.1. The molecule has 0 aliphatic heterocycles. The summed E-state index contributed by atoms with van der Waals surface area (Å²) in [5.41, 5.74) is 7.86. The Labute approximate surface area is 101 Å². The molecule has 17 heavy (non-hydrogen) atoms. The summed E-state index contributed by atoms with van der Waals surface area (Å²) in [4.78, 5) is 4.01. The zero-order valence-electron chi connectivity index (χ0n) is 9.84. The van der Waals surface area contributed by atoms with Crippen molar-refractivity contribution >= 4 is 0 Å². The van der Waals surface area contributed by atoms with E-state index in [9.17, 15) is 0 Å². The van der Waals surface area contributed by atoms with Gasteiger partial charge in [0.15, 0.2) is 0 Å². The molecular formula is C14H16N2O. The lowest BCUT2D eigenvalue weighted by Crippen LogP contribution is -2.23. The fourth-order valence-electron chi connectivity index (χ4n) is 1.58. The number of ether oxygens (including phenoxy) is 1. The summed E-state index contributed by atoms with van der Waals surface area (Å²) in [5.74, 6) is 0.857. The molecule has 0 saturated carbocycles. The van der Waals surface area contributed by atoms with Gasteiger partial charge >= 0.3 is 0 Å². The molecule has 3 heteroatoms. The van der Waals surface area contributed by atoms with Crippen LogP contribution >= 0.6 is 0 Å². The molecule has 3 nitrogen and oxygen atoms in total. The van der Waals surface area contributed by atoms with E-state index >= 15 is 0 Å². The van der Waals surface area contributed by atoms with E-state index in [1.54, 1.807) is 12.4 Å². The molecule has 1 atom stereocenters. The molecule has 1 aromatic carbocycles. The highest BCUT2D eigenvalue weighted by molar-refractivity contribution is 5.69. The molecule has 2 N–H and O–H groups in total. The van der Waals surface area contributed by atoms with Gasteiger partial charge in [0.05, 0.1) is 0 Å². The van der Waals surface area contributed by atoms with Gasteiger partial charge in [0.1, 0.15) is 12.4 Å². The van der Waals surface area contributed by atoms with Gasteiger partial charge in [-0.3, -0.25) is 4.98 Å². The quantitative estimate of drug-likeness (QED) is 0.874. The molecule has 0 fully saturated rings. The Bertz CT molecular complexity index is 469. The maximum absolute atomic E-state index is 5.71. The molecule has 0 radical (unpaired) electrons. The van der Waals surface area contributed by atoms with Crippen molar-refractivity contribution in [2.24, 2.45) is 5.73 Å². The lowest BCUT2D eigenvalue weighted by molar-refractivity contribution is 0.297. The number of aromatic nitrogens is 1. The van der Waals surface area contributed by atoms with Gasteiger partial charge in [0.25, 0.3) is 0 Å². The van der Waals surface area contributed by atoms with Crippen molar-refractivity contribution in [2.75, 3.05) is 6.61 Å². The van der Waals surface area contributed by atoms with Crippen molar-refractivity contribution in [3.63, 3.8) is 0 Å². The van der Waals surface area contributed by atoms with Crippen molar-refractivity contribution in [1.82, 2.24) is 4.98 Å². The number of benzene rings is 1. The van der Waals surface area contributed by atoms with Gasteiger partial charge in [-0.05, 0) is 30.7 Å². The van der Waals surface area contributed by atoms with E-state index in [1.807, 2.05) is 43.3 Å². The minimum absolute atomic E-state index is 0.0282. The molecule has 0 saturated heterocycles. The van der Waals surface area contributed by atoms with E-state index in [2.05, 4.69) is 4.98 Å². The lowest BCUT2D eigenvalue weighted by Gasteiger charge is -2.13. The summed E-state index contributed by atoms with van der Waals surface area (Å²) in [6.07, 6.45) is 3.55. The van der Waals surface area contributed by atoms with Gasteiger partial charge in [0.2, 0.25) is 0 Å². The molecule has 0 bridgehead atoms. The van der Waals surface area contributed by atoms with Crippen molar-refractivity contribution < 1.29 is 4.74 Å². The summed E-state index contributed by atoms with van der Waals surface area (Å²) in [6, 6.07) is 11.9. The summed E-state index contributed by atoms with van der Waals surface area (Å²) < 4.78 is 5.71. The second kappa shape index (κ2) is 5.46. The maximum Gasteiger partial charge on any atom is 0.127 e. The summed E-state index contributed by atoms with van der Waals surface area (Å²) in [5, 5.41) is 0. The van der Waals surface area contributed by atoms with E-state index in [0.717, 1.165) is 16.9 Å². The highest BCUT2D eigenvalue weighted by Crippen LogP contribution is 2.29. The number of hydrogen-bond acceptors (Lipinski definition) is 3. The molecule has 0 aliphatic carbocycles. The first-order valence-corrected chi connectivity index (χ1v) is 5.65. The van der Waals surface area contributed by atoms with Gasteiger partial charge < -0.3 is 10.5 Å². The first kappa shape index (κ1) is 11.6. The second-order valence-corrected chi connectivity index (χ2v) is 4.02. The Morgan fingerprint density at radius 3 is 2.59 bits per heavy atom. The first-order chi connectivity index (χ1) is 8.27. The molecule has 2 rings (SSSR count). The van der Waals surface area contributed by atoms with E-state index < -0.39 is 0 Å². The summed E-state index contributed by atoms with van der Waals surface area (Å²) in [7, 11) is 0. The van der Waals surface area contributed by atoms with Crippen LogP contribution in [0.1, 0.15) is 6.92 Å². The molecule has 1 unspecified atom stereocenters. The van der Waals surface area contributed by atoms with Crippen LogP contribution in [0.25, 0.3) is 11.1 Å². The summed E-state index contributed by atoms with van der Waals surface area (Å²) >= 11 is 0. The van der Waals surface area contributed by atoms with Crippen LogP contribution in [0.3, 0.4) is 0 Å². The average molecular weight is 228 g/mol. The normalized spacial score (nSPS) is 12.1. The molecule has 1 aromatic heterocycles. The monoisotopic (exact) mass is 228 g/mol. The Hall–Kier alpha value is -1.87. The van der Waals surface area contributed by atoms with Gasteiger partial charge in [-0.1, -0.05) is 18.2 Å². The number of rotatable bonds is 4. The molecular weight excluding hydrogens is 212 g/mol. The Morgan fingerprint density at radius 1 is 1.18 bits per heavy atom. The second-order valence-electron chi connectivity index (χ2n) is 4.02. The standard InChI is InChI=1S/C14H16N2O/c1-11(15)10-17-14-5-3-2-4-13(14)12-6-8-16-9-7-12/h2-9,11H,10,15H2,1H3. The molecule has 88 valence electrons. The maximum atomic E-state index is 5.71. The van der Waals surface area contributed by atoms with Crippen LogP contribution in [0.4, 0.5) is 0 Å². The predicted octanol–water partition coefficient (Wildman–Crippen LogP) is 2.47.